The molecule has 10 heteroatoms. The molecule has 0 aliphatic heterocycles. The topological polar surface area (TPSA) is 123 Å². The van der Waals surface area contributed by atoms with Crippen molar-refractivity contribution in [1.29, 1.82) is 0 Å². The zero-order valence-corrected chi connectivity index (χ0v) is 16.0. The average Bonchev–Trinajstić information content (AvgIpc) is 3.10. The average molecular weight is 411 g/mol. The summed E-state index contributed by atoms with van der Waals surface area (Å²) in [6, 6.07) is 12.5. The molecule has 0 atom stereocenters. The largest absolute Gasteiger partial charge is 0.507 e. The van der Waals surface area contributed by atoms with Gasteiger partial charge in [-0.1, -0.05) is 36.0 Å². The van der Waals surface area contributed by atoms with Crippen LogP contribution < -0.4 is 5.32 Å². The van der Waals surface area contributed by atoms with Crippen LogP contribution in [0.1, 0.15) is 0 Å². The number of nitrogens with one attached hydrogen (secondary N) is 1. The number of benzene rings is 2. The molecule has 1 heterocycles. The Balaban J connectivity index is 1.73. The molecule has 1 aromatic heterocycles. The third-order valence-corrected chi connectivity index (χ3v) is 4.81. The quantitative estimate of drug-likeness (QED) is 0.252. The van der Waals surface area contributed by atoms with Crippen LogP contribution >= 0.6 is 11.8 Å². The van der Waals surface area contributed by atoms with Gasteiger partial charge in [-0.2, -0.15) is 0 Å². The van der Waals surface area contributed by atoms with E-state index in [1.165, 1.54) is 18.2 Å². The van der Waals surface area contributed by atoms with Crippen molar-refractivity contribution in [3.63, 3.8) is 0 Å². The van der Waals surface area contributed by atoms with Crippen LogP contribution in [0, 0.1) is 10.1 Å². The van der Waals surface area contributed by atoms with E-state index in [2.05, 4.69) is 22.1 Å². The van der Waals surface area contributed by atoms with Crippen molar-refractivity contribution in [1.82, 2.24) is 14.8 Å². The van der Waals surface area contributed by atoms with E-state index in [0.29, 0.717) is 28.8 Å². The number of hydrogen-bond acceptors (Lipinski definition) is 7. The Hall–Kier alpha value is -3.66. The summed E-state index contributed by atoms with van der Waals surface area (Å²) >= 11 is 1.16. The number of nitrogens with zero attached hydrogens (tertiary/aromatic N) is 4. The Morgan fingerprint density at radius 3 is 2.79 bits per heavy atom. The van der Waals surface area contributed by atoms with Crippen LogP contribution in [0.15, 0.2) is 66.3 Å². The lowest BCUT2D eigenvalue weighted by Crippen LogP contribution is -2.14. The van der Waals surface area contributed by atoms with E-state index in [9.17, 15) is 20.0 Å². The number of thioether (sulfide) groups is 1. The number of hydrogen-bond donors (Lipinski definition) is 2. The number of aromatic nitrogens is 3. The SMILES string of the molecule is C=CCn1c(SCC(=O)Nc2cccc([N+](=O)[O-])c2)nnc1-c1ccccc1O. The molecule has 9 nitrogen and oxygen atoms in total. The molecule has 1 amide bonds. The number of amides is 1. The first-order valence-electron chi connectivity index (χ1n) is 8.49. The van der Waals surface area contributed by atoms with Crippen LogP contribution in [0.2, 0.25) is 0 Å². The normalized spacial score (nSPS) is 10.5. The number of carbonyl (C=O) groups is 1. The Labute approximate surface area is 170 Å². The lowest BCUT2D eigenvalue weighted by atomic mass is 10.2. The molecule has 0 radical (unpaired) electrons. The summed E-state index contributed by atoms with van der Waals surface area (Å²) in [5.41, 5.74) is 0.760. The van der Waals surface area contributed by atoms with Crippen LogP contribution in [-0.4, -0.2) is 36.5 Å². The minimum atomic E-state index is -0.525. The molecule has 2 N–H and O–H groups in total. The second-order valence-electron chi connectivity index (χ2n) is 5.87. The van der Waals surface area contributed by atoms with Crippen LogP contribution in [0.3, 0.4) is 0 Å². The highest BCUT2D eigenvalue weighted by Crippen LogP contribution is 2.30. The van der Waals surface area contributed by atoms with Crippen molar-refractivity contribution in [2.45, 2.75) is 11.7 Å². The van der Waals surface area contributed by atoms with Crippen molar-refractivity contribution < 1.29 is 14.8 Å². The number of carbonyl (C=O) groups excluding carboxylic acids is 1. The summed E-state index contributed by atoms with van der Waals surface area (Å²) in [5.74, 6) is 0.223. The fourth-order valence-electron chi connectivity index (χ4n) is 2.58. The zero-order chi connectivity index (χ0) is 20.8. The van der Waals surface area contributed by atoms with E-state index >= 15 is 0 Å². The van der Waals surface area contributed by atoms with Gasteiger partial charge in [-0.05, 0) is 18.2 Å². The van der Waals surface area contributed by atoms with Crippen LogP contribution in [-0.2, 0) is 11.3 Å². The molecule has 3 aromatic rings. The highest BCUT2D eigenvalue weighted by atomic mass is 32.2. The summed E-state index contributed by atoms with van der Waals surface area (Å²) in [6.07, 6.45) is 1.67. The van der Waals surface area contributed by atoms with Crippen molar-refractivity contribution in [3.8, 4) is 17.1 Å². The van der Waals surface area contributed by atoms with Gasteiger partial charge in [-0.15, -0.1) is 16.8 Å². The Bertz CT molecular complexity index is 1070. The molecular formula is C19H17N5O4S. The minimum Gasteiger partial charge on any atom is -0.507 e. The number of nitro groups is 1. The number of allylic oxidation sites excluding steroid dienone is 1. The van der Waals surface area contributed by atoms with Crippen molar-refractivity contribution in [2.24, 2.45) is 0 Å². The lowest BCUT2D eigenvalue weighted by molar-refractivity contribution is -0.384. The molecule has 2 aromatic carbocycles. The molecule has 29 heavy (non-hydrogen) atoms. The number of nitro benzene ring substituents is 1. The number of phenolic OH excluding ortho intramolecular Hbond substituents is 1. The molecule has 0 aliphatic carbocycles. The van der Waals surface area contributed by atoms with Gasteiger partial charge in [0.25, 0.3) is 5.69 Å². The highest BCUT2D eigenvalue weighted by Gasteiger charge is 2.17. The number of non-ortho nitro benzene ring substituents is 1. The van der Waals surface area contributed by atoms with E-state index < -0.39 is 4.92 Å². The Morgan fingerprint density at radius 2 is 2.07 bits per heavy atom. The lowest BCUT2D eigenvalue weighted by Gasteiger charge is -2.09. The molecule has 3 rings (SSSR count). The van der Waals surface area contributed by atoms with E-state index in [1.54, 1.807) is 41.0 Å². The van der Waals surface area contributed by atoms with Gasteiger partial charge < -0.3 is 10.4 Å². The van der Waals surface area contributed by atoms with E-state index in [4.69, 9.17) is 0 Å². The fraction of sp³-hybridized carbons (Fsp3) is 0.105. The molecule has 148 valence electrons. The number of rotatable bonds is 8. The molecule has 0 saturated heterocycles. The second kappa shape index (κ2) is 9.02. The van der Waals surface area contributed by atoms with Crippen molar-refractivity contribution >= 4 is 29.0 Å². The summed E-state index contributed by atoms with van der Waals surface area (Å²) in [7, 11) is 0. The maximum atomic E-state index is 12.2. The van der Waals surface area contributed by atoms with Gasteiger partial charge in [0, 0.05) is 24.4 Å². The highest BCUT2D eigenvalue weighted by molar-refractivity contribution is 7.99. The van der Waals surface area contributed by atoms with Crippen LogP contribution in [0.4, 0.5) is 11.4 Å². The van der Waals surface area contributed by atoms with Gasteiger partial charge in [0.1, 0.15) is 5.75 Å². The Morgan fingerprint density at radius 1 is 1.28 bits per heavy atom. The number of aromatic hydroxyl groups is 1. The number of anilines is 1. The first kappa shape index (κ1) is 20.1. The molecule has 0 unspecified atom stereocenters. The van der Waals surface area contributed by atoms with Crippen LogP contribution in [0.5, 0.6) is 5.75 Å². The third kappa shape index (κ3) is 4.79. The van der Waals surface area contributed by atoms with Gasteiger partial charge in [0.2, 0.25) is 5.91 Å². The summed E-state index contributed by atoms with van der Waals surface area (Å²) < 4.78 is 1.74. The molecule has 0 aliphatic rings. The number of phenols is 1. The predicted octanol–water partition coefficient (Wildman–Crippen LogP) is 3.48. The molecule has 0 spiro atoms. The van der Waals surface area contributed by atoms with Gasteiger partial charge in [-0.3, -0.25) is 19.5 Å². The molecular weight excluding hydrogens is 394 g/mol. The van der Waals surface area contributed by atoms with E-state index in [1.807, 2.05) is 0 Å². The Kier molecular flexibility index (Phi) is 6.25. The summed E-state index contributed by atoms with van der Waals surface area (Å²) in [4.78, 5) is 22.6. The van der Waals surface area contributed by atoms with Crippen LogP contribution in [0.25, 0.3) is 11.4 Å². The maximum absolute atomic E-state index is 12.2. The van der Waals surface area contributed by atoms with Crippen molar-refractivity contribution in [3.05, 3.63) is 71.3 Å². The summed E-state index contributed by atoms with van der Waals surface area (Å²) in [5, 5.41) is 32.3. The fourth-order valence-corrected chi connectivity index (χ4v) is 3.32. The molecule has 0 fully saturated rings. The standard InChI is InChI=1S/C19H17N5O4S/c1-2-10-23-18(15-8-3-4-9-16(15)25)21-22-19(23)29-12-17(26)20-13-6-5-7-14(11-13)24(27)28/h2-9,11,25H,1,10,12H2,(H,20,26). The van der Waals surface area contributed by atoms with E-state index in [-0.39, 0.29) is 23.1 Å². The maximum Gasteiger partial charge on any atom is 0.271 e. The van der Waals surface area contributed by atoms with E-state index in [0.717, 1.165) is 11.8 Å². The molecule has 0 saturated carbocycles. The number of para-hydroxylation sites is 1. The summed E-state index contributed by atoms with van der Waals surface area (Å²) in [6.45, 7) is 4.12. The van der Waals surface area contributed by atoms with Gasteiger partial charge >= 0.3 is 0 Å². The smallest absolute Gasteiger partial charge is 0.271 e. The first-order chi connectivity index (χ1) is 14.0. The van der Waals surface area contributed by atoms with Gasteiger partial charge in [0.05, 0.1) is 16.2 Å². The third-order valence-electron chi connectivity index (χ3n) is 3.85. The zero-order valence-electron chi connectivity index (χ0n) is 15.2. The van der Waals surface area contributed by atoms with Gasteiger partial charge in [-0.25, -0.2) is 0 Å². The second-order valence-corrected chi connectivity index (χ2v) is 6.81. The molecule has 0 bridgehead atoms. The predicted molar refractivity (Wildman–Crippen MR) is 110 cm³/mol. The monoisotopic (exact) mass is 411 g/mol. The first-order valence-corrected chi connectivity index (χ1v) is 9.47. The van der Waals surface area contributed by atoms with Gasteiger partial charge in [0.15, 0.2) is 11.0 Å². The van der Waals surface area contributed by atoms with Crippen molar-refractivity contribution in [2.75, 3.05) is 11.1 Å². The minimum absolute atomic E-state index is 0.0265.